The summed E-state index contributed by atoms with van der Waals surface area (Å²) < 4.78 is 5.43. The van der Waals surface area contributed by atoms with Gasteiger partial charge < -0.3 is 14.7 Å². The van der Waals surface area contributed by atoms with Gasteiger partial charge in [0.2, 0.25) is 0 Å². The molecule has 1 atom stereocenters. The van der Waals surface area contributed by atoms with Crippen molar-refractivity contribution in [3.05, 3.63) is 29.8 Å². The van der Waals surface area contributed by atoms with Gasteiger partial charge in [0, 0.05) is 12.6 Å². The molecule has 0 bridgehead atoms. The molecule has 1 aromatic carbocycles. The summed E-state index contributed by atoms with van der Waals surface area (Å²) in [7, 11) is 2.20. The lowest BCUT2D eigenvalue weighted by atomic mass is 9.94. The van der Waals surface area contributed by atoms with E-state index in [-0.39, 0.29) is 6.10 Å². The number of ether oxygens (including phenoxy) is 1. The molecule has 0 aliphatic heterocycles. The molecule has 1 aliphatic carbocycles. The van der Waals surface area contributed by atoms with Crippen molar-refractivity contribution in [2.24, 2.45) is 0 Å². The molecule has 0 radical (unpaired) electrons. The van der Waals surface area contributed by atoms with E-state index in [1.807, 2.05) is 31.2 Å². The molecule has 1 fully saturated rings. The molecule has 3 nitrogen and oxygen atoms in total. The Morgan fingerprint density at radius 3 is 2.48 bits per heavy atom. The van der Waals surface area contributed by atoms with Crippen molar-refractivity contribution in [3.63, 3.8) is 0 Å². The Kier molecular flexibility index (Phi) is 6.52. The Balaban J connectivity index is 1.78. The van der Waals surface area contributed by atoms with Crippen molar-refractivity contribution in [2.75, 3.05) is 20.2 Å². The second-order valence-corrected chi connectivity index (χ2v) is 6.08. The third-order valence-corrected chi connectivity index (χ3v) is 4.53. The lowest BCUT2D eigenvalue weighted by molar-refractivity contribution is 0.125. The summed E-state index contributed by atoms with van der Waals surface area (Å²) in [5.74, 6) is 0.868. The molecule has 0 saturated heterocycles. The first kappa shape index (κ1) is 16.3. The Morgan fingerprint density at radius 2 is 1.86 bits per heavy atom. The van der Waals surface area contributed by atoms with Gasteiger partial charge in [-0.25, -0.2) is 0 Å². The van der Waals surface area contributed by atoms with Crippen LogP contribution in [0.1, 0.15) is 57.1 Å². The van der Waals surface area contributed by atoms with Crippen LogP contribution < -0.4 is 4.74 Å². The van der Waals surface area contributed by atoms with Crippen molar-refractivity contribution in [3.8, 4) is 5.75 Å². The van der Waals surface area contributed by atoms with E-state index in [9.17, 15) is 5.11 Å². The van der Waals surface area contributed by atoms with E-state index in [4.69, 9.17) is 4.74 Å². The topological polar surface area (TPSA) is 32.7 Å². The predicted octanol–water partition coefficient (Wildman–Crippen LogP) is 3.77. The summed E-state index contributed by atoms with van der Waals surface area (Å²) in [6.07, 6.45) is 7.14. The van der Waals surface area contributed by atoms with Crippen molar-refractivity contribution < 1.29 is 9.84 Å². The summed E-state index contributed by atoms with van der Waals surface area (Å²) in [6, 6.07) is 8.53. The summed E-state index contributed by atoms with van der Waals surface area (Å²) in [4.78, 5) is 2.43. The van der Waals surface area contributed by atoms with Crippen LogP contribution in [-0.4, -0.2) is 36.2 Å². The number of hydrogen-bond donors (Lipinski definition) is 1. The number of benzene rings is 1. The number of nitrogens with zero attached hydrogens (tertiary/aromatic N) is 1. The van der Waals surface area contributed by atoms with Crippen LogP contribution in [-0.2, 0) is 0 Å². The zero-order valence-corrected chi connectivity index (χ0v) is 13.4. The Morgan fingerprint density at radius 1 is 1.19 bits per heavy atom. The molecule has 0 heterocycles. The quantitative estimate of drug-likeness (QED) is 0.830. The molecule has 118 valence electrons. The van der Waals surface area contributed by atoms with E-state index in [0.717, 1.165) is 24.3 Å². The van der Waals surface area contributed by atoms with Gasteiger partial charge in [-0.2, -0.15) is 0 Å². The molecule has 1 N–H and O–H groups in total. The normalized spacial score (nSPS) is 17.9. The van der Waals surface area contributed by atoms with E-state index < -0.39 is 0 Å². The minimum atomic E-state index is -0.383. The van der Waals surface area contributed by atoms with Crippen molar-refractivity contribution in [2.45, 2.75) is 57.6 Å². The largest absolute Gasteiger partial charge is 0.494 e. The third-order valence-electron chi connectivity index (χ3n) is 4.53. The fourth-order valence-electron chi connectivity index (χ4n) is 3.15. The molecule has 1 saturated carbocycles. The molecule has 1 aromatic rings. The SMILES string of the molecule is CCOc1ccc(C(O)CCN(C)C2CCCCC2)cc1. The molecule has 0 amide bonds. The van der Waals surface area contributed by atoms with Gasteiger partial charge in [0.25, 0.3) is 0 Å². The zero-order valence-electron chi connectivity index (χ0n) is 13.4. The van der Waals surface area contributed by atoms with Gasteiger partial charge in [0.05, 0.1) is 12.7 Å². The minimum absolute atomic E-state index is 0.383. The maximum atomic E-state index is 10.3. The lowest BCUT2D eigenvalue weighted by Gasteiger charge is -2.31. The molecule has 21 heavy (non-hydrogen) atoms. The van der Waals surface area contributed by atoms with Gasteiger partial charge in [-0.1, -0.05) is 31.4 Å². The fourth-order valence-corrected chi connectivity index (χ4v) is 3.15. The van der Waals surface area contributed by atoms with E-state index in [1.165, 1.54) is 32.1 Å². The molecule has 3 heteroatoms. The highest BCUT2D eigenvalue weighted by Gasteiger charge is 2.18. The van der Waals surface area contributed by atoms with Gasteiger partial charge in [-0.3, -0.25) is 0 Å². The number of aliphatic hydroxyl groups excluding tert-OH is 1. The van der Waals surface area contributed by atoms with Crippen LogP contribution in [0.3, 0.4) is 0 Å². The van der Waals surface area contributed by atoms with Crippen molar-refractivity contribution in [1.29, 1.82) is 0 Å². The van der Waals surface area contributed by atoms with Crippen LogP contribution in [0.4, 0.5) is 0 Å². The lowest BCUT2D eigenvalue weighted by Crippen LogP contribution is -2.34. The predicted molar refractivity (Wildman–Crippen MR) is 86.7 cm³/mol. The standard InChI is InChI=1S/C18H29NO2/c1-3-21-17-11-9-15(10-12-17)18(20)13-14-19(2)16-7-5-4-6-8-16/h9-12,16,18,20H,3-8,13-14H2,1-2H3. The van der Waals surface area contributed by atoms with Crippen LogP contribution in [0, 0.1) is 0 Å². The molecule has 0 spiro atoms. The number of hydrogen-bond acceptors (Lipinski definition) is 3. The van der Waals surface area contributed by atoms with Crippen LogP contribution in [0.25, 0.3) is 0 Å². The molecule has 0 aromatic heterocycles. The van der Waals surface area contributed by atoms with Gasteiger partial charge in [-0.05, 0) is 50.9 Å². The second kappa shape index (κ2) is 8.40. The summed E-state index contributed by atoms with van der Waals surface area (Å²) in [5, 5.41) is 10.3. The van der Waals surface area contributed by atoms with Crippen LogP contribution >= 0.6 is 0 Å². The van der Waals surface area contributed by atoms with E-state index >= 15 is 0 Å². The van der Waals surface area contributed by atoms with Crippen LogP contribution in [0.5, 0.6) is 5.75 Å². The first-order valence-electron chi connectivity index (χ1n) is 8.31. The van der Waals surface area contributed by atoms with Gasteiger partial charge >= 0.3 is 0 Å². The molecule has 1 unspecified atom stereocenters. The van der Waals surface area contributed by atoms with E-state index in [1.54, 1.807) is 0 Å². The maximum absolute atomic E-state index is 10.3. The Labute approximate surface area is 128 Å². The van der Waals surface area contributed by atoms with Crippen LogP contribution in [0.2, 0.25) is 0 Å². The molecular weight excluding hydrogens is 262 g/mol. The van der Waals surface area contributed by atoms with Gasteiger partial charge in [-0.15, -0.1) is 0 Å². The average Bonchev–Trinajstić information content (AvgIpc) is 2.54. The number of rotatable bonds is 7. The highest BCUT2D eigenvalue weighted by atomic mass is 16.5. The summed E-state index contributed by atoms with van der Waals surface area (Å²) in [6.45, 7) is 3.61. The first-order valence-corrected chi connectivity index (χ1v) is 8.31. The fraction of sp³-hybridized carbons (Fsp3) is 0.667. The van der Waals surface area contributed by atoms with E-state index in [0.29, 0.717) is 12.6 Å². The monoisotopic (exact) mass is 291 g/mol. The smallest absolute Gasteiger partial charge is 0.119 e. The summed E-state index contributed by atoms with van der Waals surface area (Å²) >= 11 is 0. The first-order chi connectivity index (χ1) is 10.2. The van der Waals surface area contributed by atoms with Crippen LogP contribution in [0.15, 0.2) is 24.3 Å². The molecular formula is C18H29NO2. The maximum Gasteiger partial charge on any atom is 0.119 e. The highest BCUT2D eigenvalue weighted by Crippen LogP contribution is 2.24. The van der Waals surface area contributed by atoms with Crippen molar-refractivity contribution >= 4 is 0 Å². The van der Waals surface area contributed by atoms with Crippen molar-refractivity contribution in [1.82, 2.24) is 4.90 Å². The Hall–Kier alpha value is -1.06. The van der Waals surface area contributed by atoms with Gasteiger partial charge in [0.15, 0.2) is 0 Å². The average molecular weight is 291 g/mol. The molecule has 2 rings (SSSR count). The minimum Gasteiger partial charge on any atom is -0.494 e. The number of aliphatic hydroxyl groups is 1. The highest BCUT2D eigenvalue weighted by molar-refractivity contribution is 5.28. The second-order valence-electron chi connectivity index (χ2n) is 6.08. The Bertz CT molecular complexity index is 398. The molecule has 1 aliphatic rings. The van der Waals surface area contributed by atoms with E-state index in [2.05, 4.69) is 11.9 Å². The zero-order chi connectivity index (χ0) is 15.1. The summed E-state index contributed by atoms with van der Waals surface area (Å²) in [5.41, 5.74) is 0.982. The third kappa shape index (κ3) is 5.01. The van der Waals surface area contributed by atoms with Gasteiger partial charge in [0.1, 0.15) is 5.75 Å².